The van der Waals surface area contributed by atoms with Crippen molar-refractivity contribution in [3.05, 3.63) is 18.2 Å². The van der Waals surface area contributed by atoms with Crippen LogP contribution in [0.4, 0.5) is 0 Å². The van der Waals surface area contributed by atoms with E-state index in [0.29, 0.717) is 11.8 Å². The Morgan fingerprint density at radius 3 is 2.80 bits per heavy atom. The number of likely N-dealkylation sites (tertiary alicyclic amines) is 2. The van der Waals surface area contributed by atoms with Crippen molar-refractivity contribution in [3.8, 4) is 0 Å². The number of imidazole rings is 1. The Morgan fingerprint density at radius 1 is 1.28 bits per heavy atom. The van der Waals surface area contributed by atoms with Gasteiger partial charge in [0.15, 0.2) is 0 Å². The normalized spacial score (nSPS) is 23.1. The van der Waals surface area contributed by atoms with Crippen LogP contribution in [-0.4, -0.2) is 71.7 Å². The molecule has 0 aliphatic carbocycles. The highest BCUT2D eigenvalue weighted by atomic mass is 16.5. The number of amides is 1. The largest absolute Gasteiger partial charge is 0.383 e. The maximum Gasteiger partial charge on any atom is 0.226 e. The van der Waals surface area contributed by atoms with Gasteiger partial charge in [-0.15, -0.1) is 0 Å². The molecule has 1 amide bonds. The van der Waals surface area contributed by atoms with Crippen LogP contribution in [0.15, 0.2) is 12.4 Å². The van der Waals surface area contributed by atoms with E-state index in [-0.39, 0.29) is 5.92 Å². The summed E-state index contributed by atoms with van der Waals surface area (Å²) >= 11 is 0. The molecule has 1 aromatic rings. The zero-order chi connectivity index (χ0) is 17.6. The van der Waals surface area contributed by atoms with Crippen LogP contribution in [0.3, 0.4) is 0 Å². The quantitative estimate of drug-likeness (QED) is 0.789. The van der Waals surface area contributed by atoms with Crippen LogP contribution in [0.1, 0.15) is 44.3 Å². The monoisotopic (exact) mass is 348 g/mol. The number of hydrogen-bond donors (Lipinski definition) is 0. The van der Waals surface area contributed by atoms with Crippen LogP contribution in [0.5, 0.6) is 0 Å². The third-order valence-corrected chi connectivity index (χ3v) is 5.73. The maximum atomic E-state index is 12.9. The second-order valence-corrected chi connectivity index (χ2v) is 7.30. The smallest absolute Gasteiger partial charge is 0.226 e. The van der Waals surface area contributed by atoms with Gasteiger partial charge in [-0.2, -0.15) is 0 Å². The number of aromatic nitrogens is 2. The number of methoxy groups -OCH3 is 1. The van der Waals surface area contributed by atoms with E-state index >= 15 is 0 Å². The van der Waals surface area contributed by atoms with Crippen LogP contribution < -0.4 is 0 Å². The number of hydrogen-bond acceptors (Lipinski definition) is 4. The molecular weight excluding hydrogens is 316 g/mol. The average Bonchev–Trinajstić information content (AvgIpc) is 3.15. The fraction of sp³-hybridized carbons (Fsp3) is 0.789. The first kappa shape index (κ1) is 18.4. The van der Waals surface area contributed by atoms with E-state index in [2.05, 4.69) is 32.5 Å². The number of carbonyl (C=O) groups is 1. The summed E-state index contributed by atoms with van der Waals surface area (Å²) in [6.07, 6.45) is 8.16. The lowest BCUT2D eigenvalue weighted by Gasteiger charge is -2.37. The first-order valence-electron chi connectivity index (χ1n) is 9.74. The lowest BCUT2D eigenvalue weighted by Crippen LogP contribution is -2.47. The number of nitrogens with zero attached hydrogens (tertiary/aromatic N) is 4. The second kappa shape index (κ2) is 8.81. The van der Waals surface area contributed by atoms with E-state index in [1.165, 1.54) is 5.82 Å². The molecule has 3 heterocycles. The summed E-state index contributed by atoms with van der Waals surface area (Å²) < 4.78 is 7.41. The Hall–Kier alpha value is -1.40. The molecular formula is C19H32N4O2. The molecule has 0 N–H and O–H groups in total. The molecule has 140 valence electrons. The fourth-order valence-corrected chi connectivity index (χ4v) is 4.24. The van der Waals surface area contributed by atoms with Crippen molar-refractivity contribution in [1.29, 1.82) is 0 Å². The molecule has 0 bridgehead atoms. The van der Waals surface area contributed by atoms with Gasteiger partial charge in [0, 0.05) is 58.1 Å². The molecule has 2 fully saturated rings. The molecule has 0 radical (unpaired) electrons. The SMILES string of the molecule is CCn1ccnc1C1CCN(C(=O)[C@@H]2CCCN(CCOC)C2)CC1. The Bertz CT molecular complexity index is 551. The molecule has 0 saturated carbocycles. The van der Waals surface area contributed by atoms with Crippen LogP contribution in [-0.2, 0) is 16.1 Å². The zero-order valence-electron chi connectivity index (χ0n) is 15.7. The predicted molar refractivity (Wildman–Crippen MR) is 97.5 cm³/mol. The van der Waals surface area contributed by atoms with Gasteiger partial charge in [-0.3, -0.25) is 4.79 Å². The van der Waals surface area contributed by atoms with Gasteiger partial charge in [-0.25, -0.2) is 4.98 Å². The Morgan fingerprint density at radius 2 is 2.08 bits per heavy atom. The third kappa shape index (κ3) is 4.42. The molecule has 2 aliphatic heterocycles. The van der Waals surface area contributed by atoms with E-state index in [1.807, 2.05) is 6.20 Å². The summed E-state index contributed by atoms with van der Waals surface area (Å²) in [4.78, 5) is 22.0. The highest BCUT2D eigenvalue weighted by molar-refractivity contribution is 5.79. The predicted octanol–water partition coefficient (Wildman–Crippen LogP) is 1.97. The minimum atomic E-state index is 0.166. The average molecular weight is 348 g/mol. The van der Waals surface area contributed by atoms with Gasteiger partial charge in [0.05, 0.1) is 12.5 Å². The standard InChI is InChI=1S/C19H32N4O2/c1-3-22-12-8-20-18(22)16-6-10-23(11-7-16)19(24)17-5-4-9-21(15-17)13-14-25-2/h8,12,16-17H,3-7,9-11,13-15H2,1-2H3/t17-/m1/s1. The third-order valence-electron chi connectivity index (χ3n) is 5.73. The number of piperidine rings is 2. The van der Waals surface area contributed by atoms with Crippen molar-refractivity contribution < 1.29 is 9.53 Å². The van der Waals surface area contributed by atoms with Crippen molar-refractivity contribution in [1.82, 2.24) is 19.4 Å². The summed E-state index contributed by atoms with van der Waals surface area (Å²) in [6, 6.07) is 0. The van der Waals surface area contributed by atoms with Gasteiger partial charge in [0.2, 0.25) is 5.91 Å². The Labute approximate surface area is 151 Å². The fourth-order valence-electron chi connectivity index (χ4n) is 4.24. The summed E-state index contributed by atoms with van der Waals surface area (Å²) in [5.74, 6) is 2.21. The van der Waals surface area contributed by atoms with Gasteiger partial charge < -0.3 is 19.1 Å². The lowest BCUT2D eigenvalue weighted by molar-refractivity contribution is -0.138. The number of aryl methyl sites for hydroxylation is 1. The highest BCUT2D eigenvalue weighted by Crippen LogP contribution is 2.28. The van der Waals surface area contributed by atoms with Crippen LogP contribution in [0, 0.1) is 5.92 Å². The molecule has 0 unspecified atom stereocenters. The summed E-state index contributed by atoms with van der Waals surface area (Å²) in [6.45, 7) is 8.52. The number of ether oxygens (including phenoxy) is 1. The number of rotatable bonds is 6. The molecule has 6 nitrogen and oxygen atoms in total. The summed E-state index contributed by atoms with van der Waals surface area (Å²) in [7, 11) is 1.74. The van der Waals surface area contributed by atoms with Gasteiger partial charge in [0.25, 0.3) is 0 Å². The minimum Gasteiger partial charge on any atom is -0.383 e. The molecule has 0 spiro atoms. The maximum absolute atomic E-state index is 12.9. The van der Waals surface area contributed by atoms with E-state index in [0.717, 1.165) is 71.6 Å². The van der Waals surface area contributed by atoms with Gasteiger partial charge in [0.1, 0.15) is 5.82 Å². The Balaban J connectivity index is 1.51. The first-order chi connectivity index (χ1) is 12.2. The molecule has 2 saturated heterocycles. The summed E-state index contributed by atoms with van der Waals surface area (Å²) in [5, 5.41) is 0. The van der Waals surface area contributed by atoms with Gasteiger partial charge in [-0.05, 0) is 39.2 Å². The van der Waals surface area contributed by atoms with Crippen LogP contribution in [0.2, 0.25) is 0 Å². The van der Waals surface area contributed by atoms with Crippen LogP contribution >= 0.6 is 0 Å². The molecule has 3 rings (SSSR count). The molecule has 0 aromatic carbocycles. The first-order valence-corrected chi connectivity index (χ1v) is 9.74. The minimum absolute atomic E-state index is 0.166. The van der Waals surface area contributed by atoms with E-state index in [9.17, 15) is 4.79 Å². The molecule has 2 aliphatic rings. The molecule has 1 atom stereocenters. The lowest BCUT2D eigenvalue weighted by atomic mass is 9.92. The zero-order valence-corrected chi connectivity index (χ0v) is 15.7. The topological polar surface area (TPSA) is 50.6 Å². The molecule has 25 heavy (non-hydrogen) atoms. The van der Waals surface area contributed by atoms with Gasteiger partial charge >= 0.3 is 0 Å². The Kier molecular flexibility index (Phi) is 6.48. The van der Waals surface area contributed by atoms with Gasteiger partial charge in [-0.1, -0.05) is 0 Å². The molecule has 6 heteroatoms. The van der Waals surface area contributed by atoms with E-state index in [1.54, 1.807) is 7.11 Å². The van der Waals surface area contributed by atoms with Crippen molar-refractivity contribution in [2.45, 2.75) is 45.1 Å². The van der Waals surface area contributed by atoms with E-state index in [4.69, 9.17) is 4.74 Å². The second-order valence-electron chi connectivity index (χ2n) is 7.30. The van der Waals surface area contributed by atoms with E-state index < -0.39 is 0 Å². The molecule has 1 aromatic heterocycles. The number of carbonyl (C=O) groups excluding carboxylic acids is 1. The summed E-state index contributed by atoms with van der Waals surface area (Å²) in [5.41, 5.74) is 0. The highest BCUT2D eigenvalue weighted by Gasteiger charge is 2.32. The van der Waals surface area contributed by atoms with Crippen molar-refractivity contribution in [2.75, 3.05) is 46.4 Å². The van der Waals surface area contributed by atoms with Crippen molar-refractivity contribution in [3.63, 3.8) is 0 Å². The van der Waals surface area contributed by atoms with Crippen LogP contribution in [0.25, 0.3) is 0 Å². The van der Waals surface area contributed by atoms with Crippen molar-refractivity contribution >= 4 is 5.91 Å². The van der Waals surface area contributed by atoms with Crippen molar-refractivity contribution in [2.24, 2.45) is 5.92 Å².